The fraction of sp³-hybridized carbons (Fsp3) is 0.182. The first-order valence-electron chi connectivity index (χ1n) is 18.7. The van der Waals surface area contributed by atoms with Crippen LogP contribution in [0.25, 0.3) is 0 Å². The molecule has 0 unspecified atom stereocenters. The van der Waals surface area contributed by atoms with Crippen LogP contribution in [0, 0.1) is 11.8 Å². The van der Waals surface area contributed by atoms with Gasteiger partial charge in [0.25, 0.3) is 0 Å². The lowest BCUT2D eigenvalue weighted by Crippen LogP contribution is -2.30. The van der Waals surface area contributed by atoms with E-state index < -0.39 is 73.3 Å². The summed E-state index contributed by atoms with van der Waals surface area (Å²) in [4.78, 5) is 99.0. The Morgan fingerprint density at radius 2 is 0.781 bits per heavy atom. The van der Waals surface area contributed by atoms with Crippen molar-refractivity contribution in [3.8, 4) is 23.0 Å². The van der Waals surface area contributed by atoms with Crippen molar-refractivity contribution in [2.24, 2.45) is 11.8 Å². The van der Waals surface area contributed by atoms with Crippen molar-refractivity contribution in [3.63, 3.8) is 0 Å². The molecule has 0 aromatic heterocycles. The molecule has 4 aromatic carbocycles. The molecule has 332 valence electrons. The van der Waals surface area contributed by atoms with E-state index in [0.717, 1.165) is 36.4 Å². The number of ether oxygens (including phenoxy) is 8. The Morgan fingerprint density at radius 1 is 0.469 bits per heavy atom. The van der Waals surface area contributed by atoms with E-state index in [1.54, 1.807) is 24.3 Å². The fourth-order valence-electron chi connectivity index (χ4n) is 5.55. The van der Waals surface area contributed by atoms with Gasteiger partial charge in [0.15, 0.2) is 10.2 Å². The summed E-state index contributed by atoms with van der Waals surface area (Å²) in [6.07, 6.45) is 0.146. The van der Waals surface area contributed by atoms with Gasteiger partial charge >= 0.3 is 36.2 Å². The van der Waals surface area contributed by atoms with Crippen LogP contribution in [0.15, 0.2) is 132 Å². The summed E-state index contributed by atoms with van der Waals surface area (Å²) in [6.45, 7) is 3.67. The number of hydrogen-bond acceptors (Lipinski definition) is 18. The number of thioether (sulfide) groups is 2. The number of hydrogen-bond donors (Lipinski definition) is 0. The van der Waals surface area contributed by atoms with E-state index in [-0.39, 0.29) is 44.4 Å². The van der Waals surface area contributed by atoms with Gasteiger partial charge in [-0.3, -0.25) is 9.59 Å². The molecule has 5 rings (SSSR count). The van der Waals surface area contributed by atoms with Crippen LogP contribution in [0.1, 0.15) is 46.4 Å². The summed E-state index contributed by atoms with van der Waals surface area (Å²) >= 11 is 1.97. The van der Waals surface area contributed by atoms with Crippen LogP contribution < -0.4 is 18.9 Å². The van der Waals surface area contributed by atoms with E-state index in [1.165, 1.54) is 72.8 Å². The number of halogens is 2. The summed E-state index contributed by atoms with van der Waals surface area (Å²) in [6, 6.07) is 23.0. The predicted molar refractivity (Wildman–Crippen MR) is 219 cm³/mol. The molecule has 1 fully saturated rings. The highest BCUT2D eigenvalue weighted by molar-refractivity contribution is 8.14. The second-order valence-electron chi connectivity index (χ2n) is 13.0. The predicted octanol–water partition coefficient (Wildman–Crippen LogP) is 8.87. The molecular weight excluding hydrogens is 887 g/mol. The second-order valence-corrected chi connectivity index (χ2v) is 15.2. The molecule has 0 spiro atoms. The highest BCUT2D eigenvalue weighted by Gasteiger charge is 2.36. The minimum absolute atomic E-state index is 0.0127. The highest BCUT2D eigenvalue weighted by atomic mass is 32.2. The van der Waals surface area contributed by atoms with Crippen LogP contribution in [0.2, 0.25) is 0 Å². The maximum absolute atomic E-state index is 13.5. The summed E-state index contributed by atoms with van der Waals surface area (Å²) in [7, 11) is 0. The second kappa shape index (κ2) is 23.2. The van der Waals surface area contributed by atoms with Crippen LogP contribution in [-0.4, -0.2) is 60.0 Å². The third kappa shape index (κ3) is 14.7. The van der Waals surface area contributed by atoms with Crippen molar-refractivity contribution in [2.45, 2.75) is 35.5 Å². The summed E-state index contributed by atoms with van der Waals surface area (Å²) in [5.74, 6) is -7.69. The monoisotopic (exact) mass is 920 g/mol. The van der Waals surface area contributed by atoms with E-state index in [0.29, 0.717) is 22.6 Å². The maximum Gasteiger partial charge on any atom is 0.516 e. The minimum atomic E-state index is -1.40. The van der Waals surface area contributed by atoms with Crippen molar-refractivity contribution in [2.75, 3.05) is 13.6 Å². The zero-order valence-electron chi connectivity index (χ0n) is 33.2. The van der Waals surface area contributed by atoms with E-state index in [1.807, 2.05) is 0 Å². The topological polar surface area (TPSA) is 210 Å². The lowest BCUT2D eigenvalue weighted by molar-refractivity contribution is -0.150. The van der Waals surface area contributed by atoms with E-state index >= 15 is 0 Å². The molecule has 64 heavy (non-hydrogen) atoms. The Labute approximate surface area is 370 Å². The largest absolute Gasteiger partial charge is 0.516 e. The molecule has 0 radical (unpaired) electrons. The zero-order valence-corrected chi connectivity index (χ0v) is 34.8. The van der Waals surface area contributed by atoms with Gasteiger partial charge < -0.3 is 37.9 Å². The van der Waals surface area contributed by atoms with Crippen LogP contribution in [0.4, 0.5) is 18.4 Å². The number of esters is 4. The Hall–Kier alpha value is -7.32. The molecule has 0 bridgehead atoms. The van der Waals surface area contributed by atoms with Crippen LogP contribution in [-0.2, 0) is 38.1 Å². The Balaban J connectivity index is 1.06. The van der Waals surface area contributed by atoms with Crippen molar-refractivity contribution in [1.82, 2.24) is 0 Å². The zero-order chi connectivity index (χ0) is 46.2. The van der Waals surface area contributed by atoms with E-state index in [2.05, 4.69) is 32.1 Å². The number of carbonyl (C=O) groups excluding carboxylic acids is 8. The fourth-order valence-corrected chi connectivity index (χ4v) is 7.43. The molecule has 0 N–H and O–H groups in total. The number of benzene rings is 4. The SMILES string of the molecule is C=C(F)C(=O)OCOC(=O)Oc1ccc(C(=O)Oc2ccc(SC(=O)[C@H]3CCCC[C@@H]3C(=O)Sc3ccc(OC(=O)c4ccc(OC(=O)OCOC(=O)C(=C)F)cc4)cc3)cc2)cc1. The Morgan fingerprint density at radius 3 is 1.11 bits per heavy atom. The van der Waals surface area contributed by atoms with Gasteiger partial charge in [-0.05, 0) is 110 Å². The van der Waals surface area contributed by atoms with Crippen LogP contribution in [0.5, 0.6) is 23.0 Å². The van der Waals surface area contributed by atoms with Gasteiger partial charge in [0.05, 0.1) is 11.1 Å². The molecule has 1 saturated carbocycles. The molecule has 0 heterocycles. The third-order valence-corrected chi connectivity index (χ3v) is 10.7. The van der Waals surface area contributed by atoms with Gasteiger partial charge in [-0.2, -0.15) is 8.78 Å². The summed E-state index contributed by atoms with van der Waals surface area (Å²) in [5, 5.41) is -0.347. The average molecular weight is 921 g/mol. The first-order valence-corrected chi connectivity index (χ1v) is 20.3. The van der Waals surface area contributed by atoms with Crippen molar-refractivity contribution in [3.05, 3.63) is 133 Å². The molecule has 2 atom stereocenters. The van der Waals surface area contributed by atoms with Gasteiger partial charge in [-0.1, -0.05) is 49.5 Å². The molecule has 20 heteroatoms. The molecule has 1 aliphatic rings. The molecule has 4 aromatic rings. The third-order valence-electron chi connectivity index (χ3n) is 8.64. The lowest BCUT2D eigenvalue weighted by atomic mass is 9.81. The molecule has 1 aliphatic carbocycles. The van der Waals surface area contributed by atoms with Gasteiger partial charge in [0.2, 0.25) is 25.2 Å². The number of rotatable bonds is 16. The van der Waals surface area contributed by atoms with Crippen molar-refractivity contribution in [1.29, 1.82) is 0 Å². The van der Waals surface area contributed by atoms with Crippen LogP contribution >= 0.6 is 23.5 Å². The lowest BCUT2D eigenvalue weighted by Gasteiger charge is -2.28. The Bertz CT molecular complexity index is 2230. The summed E-state index contributed by atoms with van der Waals surface area (Å²) < 4.78 is 63.4. The standard InChI is InChI=1S/C44H34F2O16S2/c1-25(45)37(47)55-23-57-43(53)61-31-11-7-27(8-12-31)39(49)59-29-15-19-33(20-16-29)63-41(51)35-5-3-4-6-36(35)42(52)64-34-21-17-30(18-22-34)60-40(50)28-9-13-32(14-10-28)62-44(54)58-24-56-38(48)26(2)46/h7-22,35-36H,1-6,23-24H2/t35-,36-/m0/s1. The molecule has 16 nitrogen and oxygen atoms in total. The normalized spacial score (nSPS) is 14.1. The van der Waals surface area contributed by atoms with E-state index in [4.69, 9.17) is 18.9 Å². The number of carbonyl (C=O) groups is 8. The van der Waals surface area contributed by atoms with Gasteiger partial charge in [0, 0.05) is 21.6 Å². The summed E-state index contributed by atoms with van der Waals surface area (Å²) in [5.41, 5.74) is 0.225. The van der Waals surface area contributed by atoms with Crippen LogP contribution in [0.3, 0.4) is 0 Å². The van der Waals surface area contributed by atoms with Crippen molar-refractivity contribution < 1.29 is 85.0 Å². The van der Waals surface area contributed by atoms with E-state index in [9.17, 15) is 47.1 Å². The van der Waals surface area contributed by atoms with Gasteiger partial charge in [0.1, 0.15) is 23.0 Å². The smallest absolute Gasteiger partial charge is 0.423 e. The van der Waals surface area contributed by atoms with Gasteiger partial charge in [-0.15, -0.1) is 0 Å². The first kappa shape index (κ1) is 47.7. The van der Waals surface area contributed by atoms with Gasteiger partial charge in [-0.25, -0.2) is 28.8 Å². The highest BCUT2D eigenvalue weighted by Crippen LogP contribution is 2.40. The Kier molecular flexibility index (Phi) is 17.3. The molecule has 0 amide bonds. The first-order chi connectivity index (χ1) is 30.6. The molecular formula is C44H34F2O16S2. The average Bonchev–Trinajstić information content (AvgIpc) is 3.28. The minimum Gasteiger partial charge on any atom is -0.423 e. The maximum atomic E-state index is 13.5. The molecule has 0 aliphatic heterocycles. The van der Waals surface area contributed by atoms with Crippen molar-refractivity contribution >= 4 is 69.9 Å². The quantitative estimate of drug-likeness (QED) is 0.0256. The molecule has 0 saturated heterocycles.